The first-order valence-corrected chi connectivity index (χ1v) is 16.1. The minimum absolute atomic E-state index is 0.0343. The Labute approximate surface area is 222 Å². The van der Waals surface area contributed by atoms with Crippen molar-refractivity contribution in [2.45, 2.75) is 51.9 Å². The number of nitrogens with one attached hydrogen (secondary N) is 1. The molecule has 0 bridgehead atoms. The summed E-state index contributed by atoms with van der Waals surface area (Å²) >= 11 is 0. The van der Waals surface area contributed by atoms with Crippen molar-refractivity contribution < 1.29 is 29.3 Å². The van der Waals surface area contributed by atoms with Crippen molar-refractivity contribution in [2.24, 2.45) is 5.41 Å². The van der Waals surface area contributed by atoms with Gasteiger partial charge in [0.25, 0.3) is 0 Å². The van der Waals surface area contributed by atoms with E-state index in [1.165, 1.54) is 12.1 Å². The lowest BCUT2D eigenvalue weighted by Crippen LogP contribution is -2.34. The van der Waals surface area contributed by atoms with Crippen LogP contribution in [0.2, 0.25) is 25.7 Å². The number of Topliss-reactive ketones (excluding diaryl/α,β-unsaturated/α-hetero) is 1. The quantitative estimate of drug-likeness (QED) is 0.201. The van der Waals surface area contributed by atoms with E-state index in [0.29, 0.717) is 12.3 Å². The zero-order valence-corrected chi connectivity index (χ0v) is 22.8. The molecule has 8 heteroatoms. The standard InChI is InChI=1S/C29H35NO6Si/c1-29(19-20-9-5-6-10-20,27(34)21-11-7-8-12-21)16-15-24(32)30-25-23(31)14-13-22(26(25)33)28(35)36-17-18-37(2,3)4/h5-14,31,33H,15-19H2,1-4H3,(H,30,32). The fourth-order valence-corrected chi connectivity index (χ4v) is 4.84. The number of ether oxygens (including phenoxy) is 1. The van der Waals surface area contributed by atoms with Gasteiger partial charge in [0.1, 0.15) is 22.8 Å². The predicted molar refractivity (Wildman–Crippen MR) is 145 cm³/mol. The zero-order chi connectivity index (χ0) is 27.2. The first kappa shape index (κ1) is 29.2. The molecule has 2 aliphatic rings. The van der Waals surface area contributed by atoms with E-state index in [0.717, 1.165) is 12.0 Å². The Bertz CT molecular complexity index is 975. The fourth-order valence-electron chi connectivity index (χ4n) is 4.13. The SMILES string of the molecule is CC(CCC(=O)Nc1c(O)ccc(C(=O)OCC[Si](C)(C)C)c1O)(C[C]1[CH][CH][CH][CH]1)C(=O)[C]1[CH][CH][CH][CH]1. The second kappa shape index (κ2) is 12.5. The third kappa shape index (κ3) is 8.06. The minimum Gasteiger partial charge on any atom is -0.506 e. The molecule has 3 rings (SSSR count). The fraction of sp³-hybridized carbons (Fsp3) is 0.345. The summed E-state index contributed by atoms with van der Waals surface area (Å²) in [5.41, 5.74) is -1.24. The van der Waals surface area contributed by atoms with Crippen molar-refractivity contribution in [3.8, 4) is 11.5 Å². The second-order valence-corrected chi connectivity index (χ2v) is 16.5. The van der Waals surface area contributed by atoms with Gasteiger partial charge in [-0.2, -0.15) is 0 Å². The number of carbonyl (C=O) groups is 3. The molecule has 0 aliphatic heterocycles. The van der Waals surface area contributed by atoms with E-state index in [2.05, 4.69) is 25.0 Å². The predicted octanol–water partition coefficient (Wildman–Crippen LogP) is 5.09. The van der Waals surface area contributed by atoms with Gasteiger partial charge in [0, 0.05) is 25.8 Å². The first-order chi connectivity index (χ1) is 17.4. The maximum atomic E-state index is 13.3. The van der Waals surface area contributed by atoms with Gasteiger partial charge < -0.3 is 20.3 Å². The van der Waals surface area contributed by atoms with Gasteiger partial charge in [0.05, 0.1) is 6.61 Å². The molecule has 3 N–H and O–H groups in total. The second-order valence-electron chi connectivity index (χ2n) is 10.9. The molecule has 1 atom stereocenters. The van der Waals surface area contributed by atoms with E-state index in [1.807, 2.05) is 32.6 Å². The zero-order valence-electron chi connectivity index (χ0n) is 21.8. The van der Waals surface area contributed by atoms with Gasteiger partial charge >= 0.3 is 5.97 Å². The summed E-state index contributed by atoms with van der Waals surface area (Å²) in [5.74, 6) is -0.632. The van der Waals surface area contributed by atoms with Crippen LogP contribution in [-0.2, 0) is 14.3 Å². The third-order valence-electron chi connectivity index (χ3n) is 6.43. The normalized spacial score (nSPS) is 18.5. The molecule has 37 heavy (non-hydrogen) atoms. The lowest BCUT2D eigenvalue weighted by Gasteiger charge is -2.32. The number of hydrogen-bond acceptors (Lipinski definition) is 6. The molecule has 1 aromatic carbocycles. The summed E-state index contributed by atoms with van der Waals surface area (Å²) in [4.78, 5) is 38.7. The number of aromatic hydroxyl groups is 2. The molecular formula is C29H35NO6Si. The van der Waals surface area contributed by atoms with Crippen LogP contribution in [0.25, 0.3) is 0 Å². The lowest BCUT2D eigenvalue weighted by molar-refractivity contribution is -0.126. The van der Waals surface area contributed by atoms with Gasteiger partial charge in [0.15, 0.2) is 5.75 Å². The minimum atomic E-state index is -1.41. The first-order valence-electron chi connectivity index (χ1n) is 12.4. The van der Waals surface area contributed by atoms with Crippen molar-refractivity contribution in [3.05, 3.63) is 80.9 Å². The molecule has 2 aliphatic carbocycles. The van der Waals surface area contributed by atoms with Crippen LogP contribution in [0, 0.1) is 68.6 Å². The number of anilines is 1. The van der Waals surface area contributed by atoms with Crippen molar-refractivity contribution >= 4 is 31.4 Å². The number of benzene rings is 1. The molecule has 196 valence electrons. The highest BCUT2D eigenvalue weighted by atomic mass is 28.3. The highest BCUT2D eigenvalue weighted by Crippen LogP contribution is 2.43. The van der Waals surface area contributed by atoms with E-state index in [-0.39, 0.29) is 42.2 Å². The van der Waals surface area contributed by atoms with Crippen molar-refractivity contribution in [3.63, 3.8) is 0 Å². The maximum Gasteiger partial charge on any atom is 0.341 e. The van der Waals surface area contributed by atoms with E-state index in [9.17, 15) is 24.6 Å². The van der Waals surface area contributed by atoms with Gasteiger partial charge in [-0.15, -0.1) is 0 Å². The average Bonchev–Trinajstić information content (AvgIpc) is 3.53. The van der Waals surface area contributed by atoms with Crippen molar-refractivity contribution in [2.75, 3.05) is 11.9 Å². The number of ketones is 1. The van der Waals surface area contributed by atoms with Gasteiger partial charge in [-0.25, -0.2) is 4.79 Å². The van der Waals surface area contributed by atoms with Crippen LogP contribution in [0.5, 0.6) is 11.5 Å². The number of carbonyl (C=O) groups excluding carboxylic acids is 3. The summed E-state index contributed by atoms with van der Waals surface area (Å²) in [6.45, 7) is 8.55. The third-order valence-corrected chi connectivity index (χ3v) is 8.13. The Morgan fingerprint density at radius 3 is 2.22 bits per heavy atom. The summed E-state index contributed by atoms with van der Waals surface area (Å²) in [7, 11) is -1.41. The van der Waals surface area contributed by atoms with Crippen LogP contribution in [-0.4, -0.2) is 42.6 Å². The smallest absolute Gasteiger partial charge is 0.341 e. The van der Waals surface area contributed by atoms with Crippen LogP contribution < -0.4 is 5.32 Å². The molecule has 7 nitrogen and oxygen atoms in total. The molecular weight excluding hydrogens is 486 g/mol. The van der Waals surface area contributed by atoms with Crippen LogP contribution >= 0.6 is 0 Å². The lowest BCUT2D eigenvalue weighted by atomic mass is 9.70. The Morgan fingerprint density at radius 1 is 0.973 bits per heavy atom. The monoisotopic (exact) mass is 521 g/mol. The van der Waals surface area contributed by atoms with E-state index in [4.69, 9.17) is 4.74 Å². The summed E-state index contributed by atoms with van der Waals surface area (Å²) in [5, 5.41) is 23.4. The number of esters is 1. The molecule has 0 spiro atoms. The van der Waals surface area contributed by atoms with Gasteiger partial charge in [0.2, 0.25) is 5.91 Å². The van der Waals surface area contributed by atoms with E-state index in [1.54, 1.807) is 25.7 Å². The van der Waals surface area contributed by atoms with Crippen molar-refractivity contribution in [1.29, 1.82) is 0 Å². The molecule has 1 aromatic rings. The maximum absolute atomic E-state index is 13.3. The van der Waals surface area contributed by atoms with Crippen LogP contribution in [0.4, 0.5) is 5.69 Å². The van der Waals surface area contributed by atoms with Gasteiger partial charge in [-0.3, -0.25) is 9.59 Å². The van der Waals surface area contributed by atoms with E-state index >= 15 is 0 Å². The molecule has 0 saturated heterocycles. The average molecular weight is 522 g/mol. The van der Waals surface area contributed by atoms with Gasteiger partial charge in [-0.1, -0.05) is 26.6 Å². The van der Waals surface area contributed by atoms with Crippen LogP contribution in [0.1, 0.15) is 36.5 Å². The largest absolute Gasteiger partial charge is 0.506 e. The molecule has 10 radical (unpaired) electrons. The van der Waals surface area contributed by atoms with Crippen LogP contribution in [0.15, 0.2) is 12.1 Å². The molecule has 2 fully saturated rings. The summed E-state index contributed by atoms with van der Waals surface area (Å²) < 4.78 is 5.29. The molecule has 0 aromatic heterocycles. The summed E-state index contributed by atoms with van der Waals surface area (Å²) in [6.07, 6.45) is 15.5. The molecule has 1 amide bonds. The Balaban J connectivity index is 1.66. The molecule has 2 saturated carbocycles. The number of hydrogen-bond donors (Lipinski definition) is 3. The highest BCUT2D eigenvalue weighted by molar-refractivity contribution is 6.76. The number of rotatable bonds is 12. The van der Waals surface area contributed by atoms with Gasteiger partial charge in [-0.05, 0) is 88.3 Å². The molecule has 0 heterocycles. The number of phenolic OH excluding ortho intramolecular Hbond substituents is 2. The number of amides is 1. The highest BCUT2D eigenvalue weighted by Gasteiger charge is 2.41. The number of phenols is 2. The topological polar surface area (TPSA) is 113 Å². The molecule has 1 unspecified atom stereocenters. The summed E-state index contributed by atoms with van der Waals surface area (Å²) in [6, 6.07) is 3.25. The van der Waals surface area contributed by atoms with Crippen LogP contribution in [0.3, 0.4) is 0 Å². The Morgan fingerprint density at radius 2 is 1.59 bits per heavy atom. The van der Waals surface area contributed by atoms with Crippen molar-refractivity contribution in [1.82, 2.24) is 0 Å². The Kier molecular flexibility index (Phi) is 9.84. The Hall–Kier alpha value is -2.35. The van der Waals surface area contributed by atoms with E-state index < -0.39 is 31.1 Å².